The van der Waals surface area contributed by atoms with E-state index in [0.29, 0.717) is 33.7 Å². The van der Waals surface area contributed by atoms with E-state index in [0.717, 1.165) is 0 Å². The van der Waals surface area contributed by atoms with Gasteiger partial charge in [-0.15, -0.1) is 0 Å². The number of benzene rings is 1. The Labute approximate surface area is 121 Å². The molecule has 0 atom stereocenters. The van der Waals surface area contributed by atoms with E-state index in [9.17, 15) is 0 Å². The minimum Gasteiger partial charge on any atom is -0.495 e. The van der Waals surface area contributed by atoms with Gasteiger partial charge < -0.3 is 14.8 Å². The van der Waals surface area contributed by atoms with Gasteiger partial charge in [0.05, 0.1) is 24.9 Å². The van der Waals surface area contributed by atoms with Crippen molar-refractivity contribution in [3.8, 4) is 17.6 Å². The zero-order chi connectivity index (χ0) is 14.5. The van der Waals surface area contributed by atoms with Crippen LogP contribution in [0.25, 0.3) is 0 Å². The lowest BCUT2D eigenvalue weighted by Crippen LogP contribution is -1.98. The van der Waals surface area contributed by atoms with Gasteiger partial charge in [-0.1, -0.05) is 17.7 Å². The molecule has 0 bridgehead atoms. The van der Waals surface area contributed by atoms with E-state index in [2.05, 4.69) is 10.3 Å². The average molecular weight is 290 g/mol. The van der Waals surface area contributed by atoms with Crippen LogP contribution in [0.2, 0.25) is 5.02 Å². The number of halogens is 1. The molecule has 5 nitrogen and oxygen atoms in total. The molecule has 0 aliphatic rings. The first-order chi connectivity index (χ1) is 9.67. The van der Waals surface area contributed by atoms with Gasteiger partial charge in [0.25, 0.3) is 0 Å². The molecule has 1 aromatic carbocycles. The lowest BCUT2D eigenvalue weighted by molar-refractivity contribution is 0.396. The monoisotopic (exact) mass is 289 g/mol. The van der Waals surface area contributed by atoms with E-state index < -0.39 is 0 Å². The van der Waals surface area contributed by atoms with Crippen LogP contribution in [0.1, 0.15) is 5.69 Å². The fourth-order valence-electron chi connectivity index (χ4n) is 1.66. The van der Waals surface area contributed by atoms with Crippen LogP contribution >= 0.6 is 11.6 Å². The van der Waals surface area contributed by atoms with Gasteiger partial charge in [-0.3, -0.25) is 0 Å². The Hall–Kier alpha value is -2.45. The lowest BCUT2D eigenvalue weighted by atomic mass is 10.2. The summed E-state index contributed by atoms with van der Waals surface area (Å²) in [6.07, 6.45) is 0. The fraction of sp³-hybridized carbons (Fsp3) is 0.143. The Morgan fingerprint density at radius 1 is 1.20 bits per heavy atom. The first-order valence-corrected chi connectivity index (χ1v) is 6.11. The Kier molecular flexibility index (Phi) is 4.28. The molecule has 1 N–H and O–H groups in total. The van der Waals surface area contributed by atoms with Crippen LogP contribution < -0.4 is 14.8 Å². The molecular weight excluding hydrogens is 278 g/mol. The minimum atomic E-state index is 0.327. The molecule has 0 spiro atoms. The molecule has 102 valence electrons. The molecule has 0 amide bonds. The number of nitriles is 1. The third-order valence-electron chi connectivity index (χ3n) is 2.60. The second kappa shape index (κ2) is 6.13. The molecule has 0 saturated carbocycles. The molecule has 0 unspecified atom stereocenters. The van der Waals surface area contributed by atoms with Crippen molar-refractivity contribution in [3.05, 3.63) is 41.0 Å². The topological polar surface area (TPSA) is 67.2 Å². The summed E-state index contributed by atoms with van der Waals surface area (Å²) in [5, 5.41) is 12.4. The number of ether oxygens (including phenoxy) is 2. The van der Waals surface area contributed by atoms with Crippen LogP contribution in [0.4, 0.5) is 11.5 Å². The summed E-state index contributed by atoms with van der Waals surface area (Å²) in [6, 6.07) is 10.5. The summed E-state index contributed by atoms with van der Waals surface area (Å²) in [5.41, 5.74) is 0.967. The molecule has 0 aliphatic carbocycles. The fourth-order valence-corrected chi connectivity index (χ4v) is 1.90. The van der Waals surface area contributed by atoms with Crippen molar-refractivity contribution in [3.63, 3.8) is 0 Å². The summed E-state index contributed by atoms with van der Waals surface area (Å²) >= 11 is 6.09. The van der Waals surface area contributed by atoms with E-state index in [4.69, 9.17) is 26.3 Å². The van der Waals surface area contributed by atoms with Crippen LogP contribution in [-0.2, 0) is 0 Å². The number of methoxy groups -OCH3 is 2. The van der Waals surface area contributed by atoms with Crippen molar-refractivity contribution >= 4 is 23.1 Å². The van der Waals surface area contributed by atoms with Gasteiger partial charge in [-0.2, -0.15) is 5.26 Å². The molecule has 6 heteroatoms. The summed E-state index contributed by atoms with van der Waals surface area (Å²) in [7, 11) is 3.08. The highest BCUT2D eigenvalue weighted by Crippen LogP contribution is 2.36. The average Bonchev–Trinajstić information content (AvgIpc) is 2.48. The number of pyridine rings is 1. The summed E-state index contributed by atoms with van der Waals surface area (Å²) in [4.78, 5) is 4.13. The van der Waals surface area contributed by atoms with E-state index in [-0.39, 0.29) is 0 Å². The first-order valence-electron chi connectivity index (χ1n) is 5.73. The second-order valence-corrected chi connectivity index (χ2v) is 4.24. The third kappa shape index (κ3) is 2.92. The molecule has 0 saturated heterocycles. The number of rotatable bonds is 4. The smallest absolute Gasteiger partial charge is 0.146 e. The zero-order valence-electron chi connectivity index (χ0n) is 11.0. The minimum absolute atomic E-state index is 0.327. The van der Waals surface area contributed by atoms with Crippen molar-refractivity contribution in [1.82, 2.24) is 4.98 Å². The summed E-state index contributed by atoms with van der Waals surface area (Å²) < 4.78 is 10.4. The lowest BCUT2D eigenvalue weighted by Gasteiger charge is -2.13. The largest absolute Gasteiger partial charge is 0.495 e. The van der Waals surface area contributed by atoms with Crippen LogP contribution in [0, 0.1) is 11.3 Å². The quantitative estimate of drug-likeness (QED) is 0.934. The molecule has 20 heavy (non-hydrogen) atoms. The molecule has 2 aromatic rings. The highest BCUT2D eigenvalue weighted by molar-refractivity contribution is 6.32. The van der Waals surface area contributed by atoms with Gasteiger partial charge in [-0.05, 0) is 18.2 Å². The van der Waals surface area contributed by atoms with Crippen molar-refractivity contribution in [2.24, 2.45) is 0 Å². The van der Waals surface area contributed by atoms with Crippen molar-refractivity contribution in [2.75, 3.05) is 19.5 Å². The van der Waals surface area contributed by atoms with Crippen molar-refractivity contribution in [2.45, 2.75) is 0 Å². The molecular formula is C14H12ClN3O2. The maximum Gasteiger partial charge on any atom is 0.146 e. The number of anilines is 2. The molecule has 0 fully saturated rings. The predicted octanol–water partition coefficient (Wildman–Crippen LogP) is 3.37. The van der Waals surface area contributed by atoms with Crippen LogP contribution in [-0.4, -0.2) is 19.2 Å². The normalized spacial score (nSPS) is 9.70. The van der Waals surface area contributed by atoms with Crippen LogP contribution in [0.3, 0.4) is 0 Å². The van der Waals surface area contributed by atoms with Crippen LogP contribution in [0.5, 0.6) is 11.5 Å². The van der Waals surface area contributed by atoms with E-state index in [1.807, 2.05) is 6.07 Å². The standard InChI is InChI=1S/C14H12ClN3O2/c1-19-12-7-13(20-2)11(6-10(12)15)18-14-5-3-4-9(8-16)17-14/h3-7H,1-2H3,(H,17,18). The summed E-state index contributed by atoms with van der Waals surface area (Å²) in [6.45, 7) is 0. The maximum atomic E-state index is 8.84. The number of nitrogens with one attached hydrogen (secondary N) is 1. The number of nitrogens with zero attached hydrogens (tertiary/aromatic N) is 2. The van der Waals surface area contributed by atoms with Gasteiger partial charge in [0, 0.05) is 6.07 Å². The molecule has 1 heterocycles. The zero-order valence-corrected chi connectivity index (χ0v) is 11.7. The first kappa shape index (κ1) is 14.0. The van der Waals surface area contributed by atoms with Crippen molar-refractivity contribution < 1.29 is 9.47 Å². The van der Waals surface area contributed by atoms with Gasteiger partial charge in [0.15, 0.2) is 0 Å². The van der Waals surface area contributed by atoms with Gasteiger partial charge in [0.1, 0.15) is 29.1 Å². The van der Waals surface area contributed by atoms with E-state index in [1.54, 1.807) is 37.4 Å². The Balaban J connectivity index is 2.37. The Morgan fingerprint density at radius 2 is 1.95 bits per heavy atom. The number of hydrogen-bond donors (Lipinski definition) is 1. The van der Waals surface area contributed by atoms with E-state index in [1.165, 1.54) is 7.11 Å². The highest BCUT2D eigenvalue weighted by atomic mass is 35.5. The second-order valence-electron chi connectivity index (χ2n) is 3.83. The van der Waals surface area contributed by atoms with Gasteiger partial charge in [-0.25, -0.2) is 4.98 Å². The van der Waals surface area contributed by atoms with Gasteiger partial charge in [0.2, 0.25) is 0 Å². The Bertz CT molecular complexity index is 668. The maximum absolute atomic E-state index is 8.84. The summed E-state index contributed by atoms with van der Waals surface area (Å²) in [5.74, 6) is 1.62. The molecule has 1 aromatic heterocycles. The molecule has 2 rings (SSSR count). The SMILES string of the molecule is COc1cc(OC)c(Nc2cccc(C#N)n2)cc1Cl. The third-order valence-corrected chi connectivity index (χ3v) is 2.90. The van der Waals surface area contributed by atoms with Crippen LogP contribution in [0.15, 0.2) is 30.3 Å². The van der Waals surface area contributed by atoms with E-state index >= 15 is 0 Å². The predicted molar refractivity (Wildman–Crippen MR) is 76.8 cm³/mol. The van der Waals surface area contributed by atoms with Crippen molar-refractivity contribution in [1.29, 1.82) is 5.26 Å². The molecule has 0 radical (unpaired) electrons. The molecule has 0 aliphatic heterocycles. The van der Waals surface area contributed by atoms with Gasteiger partial charge >= 0.3 is 0 Å². The number of hydrogen-bond acceptors (Lipinski definition) is 5. The highest BCUT2D eigenvalue weighted by Gasteiger charge is 2.10. The number of aromatic nitrogens is 1. The Morgan fingerprint density at radius 3 is 2.60 bits per heavy atom.